The van der Waals surface area contributed by atoms with E-state index < -0.39 is 0 Å². The van der Waals surface area contributed by atoms with Gasteiger partial charge < -0.3 is 9.15 Å². The molecule has 0 atom stereocenters. The molecular weight excluding hydrogens is 243 g/mol. The molecule has 1 heterocycles. The van der Waals surface area contributed by atoms with Gasteiger partial charge in [-0.3, -0.25) is 4.79 Å². The zero-order chi connectivity index (χ0) is 12.4. The molecule has 0 bridgehead atoms. The Morgan fingerprint density at radius 1 is 1.53 bits per heavy atom. The van der Waals surface area contributed by atoms with Crippen LogP contribution < -0.4 is 0 Å². The highest BCUT2D eigenvalue weighted by Crippen LogP contribution is 2.33. The number of methoxy groups -OCH3 is 1. The Morgan fingerprint density at radius 3 is 2.94 bits per heavy atom. The second kappa shape index (κ2) is 4.79. The zero-order valence-electron chi connectivity index (χ0n) is 9.45. The van der Waals surface area contributed by atoms with Gasteiger partial charge in [-0.15, -0.1) is 11.8 Å². The maximum Gasteiger partial charge on any atom is 0.313 e. The Kier molecular flexibility index (Phi) is 3.38. The second-order valence-corrected chi connectivity index (χ2v) is 4.27. The third kappa shape index (κ3) is 2.29. The van der Waals surface area contributed by atoms with Crippen LogP contribution in [0, 0.1) is 5.82 Å². The maximum atomic E-state index is 13.1. The van der Waals surface area contributed by atoms with Crippen LogP contribution in [-0.4, -0.2) is 19.3 Å². The van der Waals surface area contributed by atoms with E-state index in [0.717, 1.165) is 4.90 Å². The van der Waals surface area contributed by atoms with Crippen LogP contribution in [0.3, 0.4) is 0 Å². The molecule has 2 rings (SSSR count). The molecule has 0 N–H and O–H groups in total. The molecule has 0 spiro atoms. The van der Waals surface area contributed by atoms with Crippen molar-refractivity contribution in [2.24, 2.45) is 0 Å². The van der Waals surface area contributed by atoms with Crippen molar-refractivity contribution in [3.05, 3.63) is 29.8 Å². The highest BCUT2D eigenvalue weighted by molar-refractivity contribution is 7.98. The summed E-state index contributed by atoms with van der Waals surface area (Å²) in [5, 5.41) is 0.691. The predicted molar refractivity (Wildman–Crippen MR) is 63.7 cm³/mol. The average Bonchev–Trinajstić information content (AvgIpc) is 2.65. The summed E-state index contributed by atoms with van der Waals surface area (Å²) in [5.41, 5.74) is 0.578. The van der Waals surface area contributed by atoms with E-state index in [4.69, 9.17) is 4.42 Å². The van der Waals surface area contributed by atoms with Crippen LogP contribution in [0.4, 0.5) is 4.39 Å². The van der Waals surface area contributed by atoms with Gasteiger partial charge in [0, 0.05) is 5.39 Å². The van der Waals surface area contributed by atoms with Crippen molar-refractivity contribution in [1.29, 1.82) is 0 Å². The van der Waals surface area contributed by atoms with E-state index >= 15 is 0 Å². The highest BCUT2D eigenvalue weighted by atomic mass is 32.2. The maximum absolute atomic E-state index is 13.1. The van der Waals surface area contributed by atoms with Crippen LogP contribution in [0.15, 0.2) is 27.5 Å². The molecule has 0 amide bonds. The van der Waals surface area contributed by atoms with E-state index in [9.17, 15) is 9.18 Å². The van der Waals surface area contributed by atoms with Gasteiger partial charge in [-0.2, -0.15) is 0 Å². The molecule has 5 heteroatoms. The van der Waals surface area contributed by atoms with Gasteiger partial charge in [0.15, 0.2) is 0 Å². The van der Waals surface area contributed by atoms with Gasteiger partial charge in [-0.25, -0.2) is 4.39 Å². The molecule has 0 aliphatic heterocycles. The smallest absolute Gasteiger partial charge is 0.313 e. The Balaban J connectivity index is 2.52. The highest BCUT2D eigenvalue weighted by Gasteiger charge is 2.17. The first kappa shape index (κ1) is 12.0. The van der Waals surface area contributed by atoms with E-state index in [1.165, 1.54) is 31.0 Å². The lowest BCUT2D eigenvalue weighted by atomic mass is 10.2. The fourth-order valence-corrected chi connectivity index (χ4v) is 2.36. The first-order chi connectivity index (χ1) is 8.15. The van der Waals surface area contributed by atoms with Crippen LogP contribution in [0.2, 0.25) is 0 Å². The SMILES string of the molecule is COC(=O)Cc1oc2ccc(F)cc2c1SC. The summed E-state index contributed by atoms with van der Waals surface area (Å²) in [6.45, 7) is 0. The summed E-state index contributed by atoms with van der Waals surface area (Å²) < 4.78 is 23.3. The van der Waals surface area contributed by atoms with E-state index in [1.54, 1.807) is 6.07 Å². The summed E-state index contributed by atoms with van der Waals surface area (Å²) >= 11 is 1.42. The van der Waals surface area contributed by atoms with Gasteiger partial charge in [-0.05, 0) is 24.5 Å². The fourth-order valence-electron chi connectivity index (χ4n) is 1.64. The Hall–Kier alpha value is -1.49. The summed E-state index contributed by atoms with van der Waals surface area (Å²) in [6.07, 6.45) is 1.92. The standard InChI is InChI=1S/C12H11FO3S/c1-15-11(14)6-10-12(17-2)8-5-7(13)3-4-9(8)16-10/h3-5H,6H2,1-2H3. The molecule has 0 saturated carbocycles. The van der Waals surface area contributed by atoms with Crippen molar-refractivity contribution in [2.75, 3.05) is 13.4 Å². The molecule has 0 aliphatic rings. The minimum absolute atomic E-state index is 0.0585. The molecule has 3 nitrogen and oxygen atoms in total. The van der Waals surface area contributed by atoms with Crippen molar-refractivity contribution in [3.8, 4) is 0 Å². The van der Waals surface area contributed by atoms with E-state index in [1.807, 2.05) is 6.26 Å². The molecule has 90 valence electrons. The summed E-state index contributed by atoms with van der Waals surface area (Å²) in [6, 6.07) is 4.30. The van der Waals surface area contributed by atoms with Crippen molar-refractivity contribution in [1.82, 2.24) is 0 Å². The van der Waals surface area contributed by atoms with Crippen LogP contribution in [0.1, 0.15) is 5.76 Å². The van der Waals surface area contributed by atoms with Gasteiger partial charge >= 0.3 is 5.97 Å². The predicted octanol–water partition coefficient (Wildman–Crippen LogP) is 3.01. The molecule has 0 unspecified atom stereocenters. The molecular formula is C12H11FO3S. The molecule has 17 heavy (non-hydrogen) atoms. The quantitative estimate of drug-likeness (QED) is 0.623. The monoisotopic (exact) mass is 254 g/mol. The molecule has 0 fully saturated rings. The minimum atomic E-state index is -0.375. The zero-order valence-corrected chi connectivity index (χ0v) is 10.3. The van der Waals surface area contributed by atoms with Crippen LogP contribution in [-0.2, 0) is 16.0 Å². The summed E-state index contributed by atoms with van der Waals surface area (Å²) in [7, 11) is 1.32. The van der Waals surface area contributed by atoms with Crippen LogP contribution in [0.5, 0.6) is 0 Å². The van der Waals surface area contributed by atoms with Crippen LogP contribution >= 0.6 is 11.8 Å². The normalized spacial score (nSPS) is 10.8. The molecule has 0 saturated heterocycles. The van der Waals surface area contributed by atoms with E-state index in [0.29, 0.717) is 16.7 Å². The number of carbonyl (C=O) groups excluding carboxylic acids is 1. The third-order valence-corrected chi connectivity index (χ3v) is 3.27. The number of thioether (sulfide) groups is 1. The lowest BCUT2D eigenvalue weighted by molar-refractivity contribution is -0.140. The number of halogens is 1. The number of fused-ring (bicyclic) bond motifs is 1. The molecule has 0 radical (unpaired) electrons. The Labute approximate surface area is 102 Å². The second-order valence-electron chi connectivity index (χ2n) is 3.45. The first-order valence-electron chi connectivity index (χ1n) is 4.97. The largest absolute Gasteiger partial charge is 0.469 e. The van der Waals surface area contributed by atoms with Gasteiger partial charge in [-0.1, -0.05) is 0 Å². The number of esters is 1. The van der Waals surface area contributed by atoms with E-state index in [2.05, 4.69) is 4.74 Å². The van der Waals surface area contributed by atoms with Crippen molar-refractivity contribution >= 4 is 28.7 Å². The lowest BCUT2D eigenvalue weighted by Crippen LogP contribution is -2.04. The molecule has 2 aromatic rings. The molecule has 1 aromatic heterocycles. The van der Waals surface area contributed by atoms with Gasteiger partial charge in [0.2, 0.25) is 0 Å². The number of hydrogen-bond donors (Lipinski definition) is 0. The third-order valence-electron chi connectivity index (χ3n) is 2.41. The van der Waals surface area contributed by atoms with Crippen molar-refractivity contribution in [2.45, 2.75) is 11.3 Å². The van der Waals surface area contributed by atoms with Gasteiger partial charge in [0.25, 0.3) is 0 Å². The van der Waals surface area contributed by atoms with Gasteiger partial charge in [0.05, 0.1) is 12.0 Å². The van der Waals surface area contributed by atoms with Crippen molar-refractivity contribution in [3.63, 3.8) is 0 Å². The molecule has 1 aromatic carbocycles. The number of rotatable bonds is 3. The molecule has 0 aliphatic carbocycles. The lowest BCUT2D eigenvalue weighted by Gasteiger charge is -1.98. The minimum Gasteiger partial charge on any atom is -0.469 e. The Bertz CT molecular complexity index is 562. The average molecular weight is 254 g/mol. The van der Waals surface area contributed by atoms with Crippen molar-refractivity contribution < 1.29 is 18.3 Å². The first-order valence-corrected chi connectivity index (χ1v) is 6.20. The Morgan fingerprint density at radius 2 is 2.29 bits per heavy atom. The number of ether oxygens (including phenoxy) is 1. The topological polar surface area (TPSA) is 39.4 Å². The fraction of sp³-hybridized carbons (Fsp3) is 0.250. The summed E-state index contributed by atoms with van der Waals surface area (Å²) in [5.74, 6) is -0.178. The number of hydrogen-bond acceptors (Lipinski definition) is 4. The van der Waals surface area contributed by atoms with E-state index in [-0.39, 0.29) is 18.2 Å². The van der Waals surface area contributed by atoms with Crippen LogP contribution in [0.25, 0.3) is 11.0 Å². The summed E-state index contributed by atoms with van der Waals surface area (Å²) in [4.78, 5) is 12.0. The number of benzene rings is 1. The number of carbonyl (C=O) groups is 1. The number of furan rings is 1. The van der Waals surface area contributed by atoms with Gasteiger partial charge in [0.1, 0.15) is 23.6 Å².